The van der Waals surface area contributed by atoms with Crippen LogP contribution in [0.1, 0.15) is 35.1 Å². The van der Waals surface area contributed by atoms with Gasteiger partial charge < -0.3 is 4.74 Å². The molecule has 7 nitrogen and oxygen atoms in total. The fraction of sp³-hybridized carbons (Fsp3) is 0.455. The van der Waals surface area contributed by atoms with Crippen LogP contribution in [0.2, 0.25) is 0 Å². The number of morpholine rings is 1. The molecule has 4 aromatic heterocycles. The van der Waals surface area contributed by atoms with E-state index >= 15 is 0 Å². The van der Waals surface area contributed by atoms with Gasteiger partial charge in [-0.15, -0.1) is 32.9 Å². The van der Waals surface area contributed by atoms with Crippen molar-refractivity contribution in [3.63, 3.8) is 0 Å². The van der Waals surface area contributed by atoms with E-state index in [0.717, 1.165) is 64.9 Å². The van der Waals surface area contributed by atoms with Crippen molar-refractivity contribution in [2.24, 2.45) is 0 Å². The molecule has 0 unspecified atom stereocenters. The fourth-order valence-electron chi connectivity index (χ4n) is 4.03. The molecule has 1 saturated carbocycles. The Kier molecular flexibility index (Phi) is 5.50. The quantitative estimate of drug-likeness (QED) is 0.359. The van der Waals surface area contributed by atoms with Gasteiger partial charge in [-0.05, 0) is 55.5 Å². The van der Waals surface area contributed by atoms with Crippen LogP contribution in [0.4, 0.5) is 0 Å². The van der Waals surface area contributed by atoms with Crippen molar-refractivity contribution >= 4 is 44.7 Å². The van der Waals surface area contributed by atoms with Crippen LogP contribution in [0.3, 0.4) is 0 Å². The third-order valence-electron chi connectivity index (χ3n) is 6.02. The van der Waals surface area contributed by atoms with Crippen LogP contribution in [0.25, 0.3) is 20.9 Å². The van der Waals surface area contributed by atoms with Crippen molar-refractivity contribution < 1.29 is 4.74 Å². The molecule has 0 radical (unpaired) electrons. The van der Waals surface area contributed by atoms with Gasteiger partial charge in [0, 0.05) is 29.4 Å². The second-order valence-electron chi connectivity index (χ2n) is 8.28. The number of thiophene rings is 2. The van der Waals surface area contributed by atoms with Gasteiger partial charge in [0.25, 0.3) is 0 Å². The summed E-state index contributed by atoms with van der Waals surface area (Å²) in [6.07, 6.45) is 2.37. The standard InChI is InChI=1S/C22H24N6OS3/c1-13-14(2)31-20-18(13)21(24-17(23-20)12-27-7-9-29-10-8-27)32-22-26-25-19(16-4-3-11-30-16)28(22)15-5-6-15/h3-4,11,15H,5-10,12H2,1-2H3. The smallest absolute Gasteiger partial charge is 0.198 e. The summed E-state index contributed by atoms with van der Waals surface area (Å²) < 4.78 is 7.82. The Morgan fingerprint density at radius 2 is 2.00 bits per heavy atom. The first kappa shape index (κ1) is 20.7. The molecule has 0 bridgehead atoms. The van der Waals surface area contributed by atoms with Crippen LogP contribution in [-0.4, -0.2) is 55.9 Å². The van der Waals surface area contributed by atoms with Gasteiger partial charge in [0.2, 0.25) is 0 Å². The predicted molar refractivity (Wildman–Crippen MR) is 129 cm³/mol. The Labute approximate surface area is 198 Å². The molecule has 0 atom stereocenters. The first-order valence-electron chi connectivity index (χ1n) is 10.9. The van der Waals surface area contributed by atoms with Crippen LogP contribution < -0.4 is 0 Å². The largest absolute Gasteiger partial charge is 0.379 e. The van der Waals surface area contributed by atoms with Crippen molar-refractivity contribution in [2.75, 3.05) is 26.3 Å². The number of hydrogen-bond donors (Lipinski definition) is 0. The van der Waals surface area contributed by atoms with E-state index in [2.05, 4.69) is 51.0 Å². The van der Waals surface area contributed by atoms with Gasteiger partial charge in [-0.25, -0.2) is 9.97 Å². The third-order valence-corrected chi connectivity index (χ3v) is 8.93. The maximum absolute atomic E-state index is 5.50. The fourth-order valence-corrected chi connectivity index (χ4v) is 6.94. The molecule has 2 fully saturated rings. The molecule has 0 aromatic carbocycles. The Morgan fingerprint density at radius 1 is 1.16 bits per heavy atom. The molecule has 0 spiro atoms. The average Bonchev–Trinajstić information content (AvgIpc) is 3.18. The number of aryl methyl sites for hydroxylation is 2. The average molecular weight is 485 g/mol. The van der Waals surface area contributed by atoms with Crippen LogP contribution in [0.5, 0.6) is 0 Å². The predicted octanol–water partition coefficient (Wildman–Crippen LogP) is 4.95. The summed E-state index contributed by atoms with van der Waals surface area (Å²) in [5, 5.41) is 14.4. The lowest BCUT2D eigenvalue weighted by atomic mass is 10.2. The van der Waals surface area contributed by atoms with Gasteiger partial charge in [-0.1, -0.05) is 6.07 Å². The lowest BCUT2D eigenvalue weighted by Crippen LogP contribution is -2.36. The van der Waals surface area contributed by atoms with E-state index < -0.39 is 0 Å². The van der Waals surface area contributed by atoms with Crippen molar-refractivity contribution in [3.8, 4) is 10.7 Å². The summed E-state index contributed by atoms with van der Waals surface area (Å²) in [6, 6.07) is 4.68. The van der Waals surface area contributed by atoms with Gasteiger partial charge in [0.15, 0.2) is 11.0 Å². The Morgan fingerprint density at radius 3 is 2.75 bits per heavy atom. The topological polar surface area (TPSA) is 69.0 Å². The summed E-state index contributed by atoms with van der Waals surface area (Å²) in [5.74, 6) is 1.85. The Balaban J connectivity index is 1.40. The number of hydrogen-bond acceptors (Lipinski definition) is 9. The van der Waals surface area contributed by atoms with E-state index in [1.807, 2.05) is 0 Å². The van der Waals surface area contributed by atoms with Crippen molar-refractivity contribution in [1.29, 1.82) is 0 Å². The monoisotopic (exact) mass is 484 g/mol. The van der Waals surface area contributed by atoms with E-state index in [1.165, 1.54) is 28.2 Å². The molecule has 0 amide bonds. The van der Waals surface area contributed by atoms with Gasteiger partial charge >= 0.3 is 0 Å². The van der Waals surface area contributed by atoms with Gasteiger partial charge in [0.1, 0.15) is 15.7 Å². The second kappa shape index (κ2) is 8.49. The third kappa shape index (κ3) is 3.88. The SMILES string of the molecule is Cc1sc2nc(CN3CCOCC3)nc(Sc3nnc(-c4cccs4)n3C3CC3)c2c1C. The molecule has 1 saturated heterocycles. The lowest BCUT2D eigenvalue weighted by Gasteiger charge is -2.25. The molecule has 2 aliphatic rings. The minimum absolute atomic E-state index is 0.486. The highest BCUT2D eigenvalue weighted by Crippen LogP contribution is 2.44. The zero-order chi connectivity index (χ0) is 21.7. The molecular formula is C22H24N6OS3. The van der Waals surface area contributed by atoms with Crippen LogP contribution in [0, 0.1) is 13.8 Å². The molecule has 5 heterocycles. The van der Waals surface area contributed by atoms with E-state index in [1.54, 1.807) is 34.4 Å². The Hall–Kier alpha value is -1.85. The van der Waals surface area contributed by atoms with E-state index in [9.17, 15) is 0 Å². The summed E-state index contributed by atoms with van der Waals surface area (Å²) in [4.78, 5) is 15.9. The van der Waals surface area contributed by atoms with Gasteiger partial charge in [-0.3, -0.25) is 9.47 Å². The number of rotatable bonds is 6. The first-order valence-corrected chi connectivity index (χ1v) is 13.4. The molecule has 32 heavy (non-hydrogen) atoms. The summed E-state index contributed by atoms with van der Waals surface area (Å²) >= 11 is 5.11. The molecule has 4 aromatic rings. The molecule has 10 heteroatoms. The Bertz CT molecular complexity index is 1250. The number of nitrogens with zero attached hydrogens (tertiary/aromatic N) is 6. The lowest BCUT2D eigenvalue weighted by molar-refractivity contribution is 0.0330. The maximum atomic E-state index is 5.50. The van der Waals surface area contributed by atoms with Crippen LogP contribution in [-0.2, 0) is 11.3 Å². The first-order chi connectivity index (χ1) is 15.7. The van der Waals surface area contributed by atoms with Gasteiger partial charge in [-0.2, -0.15) is 0 Å². The van der Waals surface area contributed by atoms with Crippen molar-refractivity contribution in [1.82, 2.24) is 29.6 Å². The zero-order valence-corrected chi connectivity index (χ0v) is 20.5. The molecule has 1 aliphatic heterocycles. The zero-order valence-electron chi connectivity index (χ0n) is 18.1. The molecule has 166 valence electrons. The molecule has 1 aliphatic carbocycles. The number of ether oxygens (including phenoxy) is 1. The number of fused-ring (bicyclic) bond motifs is 1. The summed E-state index contributed by atoms with van der Waals surface area (Å²) in [6.45, 7) is 8.48. The van der Waals surface area contributed by atoms with E-state index in [4.69, 9.17) is 14.7 Å². The van der Waals surface area contributed by atoms with E-state index in [-0.39, 0.29) is 0 Å². The molecule has 6 rings (SSSR count). The van der Waals surface area contributed by atoms with Crippen molar-refractivity contribution in [3.05, 3.63) is 33.8 Å². The molecule has 0 N–H and O–H groups in total. The minimum atomic E-state index is 0.486. The minimum Gasteiger partial charge on any atom is -0.379 e. The normalized spacial score (nSPS) is 17.4. The van der Waals surface area contributed by atoms with E-state index in [0.29, 0.717) is 6.04 Å². The second-order valence-corrected chi connectivity index (χ2v) is 11.4. The maximum Gasteiger partial charge on any atom is 0.198 e. The number of aromatic nitrogens is 5. The van der Waals surface area contributed by atoms with Crippen LogP contribution >= 0.6 is 34.4 Å². The van der Waals surface area contributed by atoms with Gasteiger partial charge in [0.05, 0.1) is 24.6 Å². The van der Waals surface area contributed by atoms with Crippen molar-refractivity contribution in [2.45, 2.75) is 49.5 Å². The van der Waals surface area contributed by atoms with Crippen LogP contribution in [0.15, 0.2) is 27.7 Å². The highest BCUT2D eigenvalue weighted by molar-refractivity contribution is 7.99. The molecular weight excluding hydrogens is 460 g/mol. The highest BCUT2D eigenvalue weighted by atomic mass is 32.2. The highest BCUT2D eigenvalue weighted by Gasteiger charge is 2.31. The summed E-state index contributed by atoms with van der Waals surface area (Å²) in [7, 11) is 0. The summed E-state index contributed by atoms with van der Waals surface area (Å²) in [5.41, 5.74) is 1.27.